The van der Waals surface area contributed by atoms with Crippen LogP contribution in [0.3, 0.4) is 0 Å². The molecule has 0 aliphatic carbocycles. The Kier molecular flexibility index (Phi) is 6.46. The first-order valence-corrected chi connectivity index (χ1v) is 10.3. The van der Waals surface area contributed by atoms with Crippen molar-refractivity contribution in [1.29, 1.82) is 0 Å². The molecule has 10 heteroatoms. The van der Waals surface area contributed by atoms with Gasteiger partial charge in [0.15, 0.2) is 0 Å². The minimum Gasteiger partial charge on any atom is -0.435 e. The van der Waals surface area contributed by atoms with E-state index in [-0.39, 0.29) is 16.2 Å². The Bertz CT molecular complexity index is 942. The van der Waals surface area contributed by atoms with Gasteiger partial charge in [-0.15, -0.1) is 0 Å². The zero-order chi connectivity index (χ0) is 21.0. The zero-order valence-corrected chi connectivity index (χ0v) is 16.5. The van der Waals surface area contributed by atoms with Crippen LogP contribution in [0.5, 0.6) is 5.75 Å². The lowest BCUT2D eigenvalue weighted by Gasteiger charge is -2.31. The van der Waals surface area contributed by atoms with Crippen molar-refractivity contribution in [3.8, 4) is 5.75 Å². The van der Waals surface area contributed by atoms with E-state index in [0.29, 0.717) is 31.9 Å². The normalized spacial score (nSPS) is 16.0. The van der Waals surface area contributed by atoms with Gasteiger partial charge >= 0.3 is 6.61 Å². The third-order valence-electron chi connectivity index (χ3n) is 4.55. The van der Waals surface area contributed by atoms with Crippen molar-refractivity contribution >= 4 is 21.6 Å². The molecule has 0 aromatic heterocycles. The number of carbonyl (C=O) groups is 1. The van der Waals surface area contributed by atoms with Gasteiger partial charge in [-0.25, -0.2) is 8.42 Å². The van der Waals surface area contributed by atoms with Gasteiger partial charge in [0.2, 0.25) is 10.0 Å². The Morgan fingerprint density at radius 3 is 2.14 bits per heavy atom. The lowest BCUT2D eigenvalue weighted by Crippen LogP contribution is -2.46. The van der Waals surface area contributed by atoms with Crippen molar-refractivity contribution in [2.24, 2.45) is 0 Å². The van der Waals surface area contributed by atoms with Gasteiger partial charge in [-0.05, 0) is 55.6 Å². The highest BCUT2D eigenvalue weighted by Gasteiger charge is 2.27. The van der Waals surface area contributed by atoms with E-state index in [1.807, 2.05) is 7.05 Å². The fourth-order valence-electron chi connectivity index (χ4n) is 2.88. The molecule has 1 aliphatic rings. The predicted octanol–water partition coefficient (Wildman–Crippen LogP) is 2.48. The van der Waals surface area contributed by atoms with Crippen molar-refractivity contribution in [3.63, 3.8) is 0 Å². The summed E-state index contributed by atoms with van der Waals surface area (Å²) in [5.74, 6) is -0.502. The number of carbonyl (C=O) groups excluding carboxylic acids is 1. The molecule has 1 saturated heterocycles. The fraction of sp³-hybridized carbons (Fsp3) is 0.316. The molecule has 3 rings (SSSR count). The number of amides is 1. The number of benzene rings is 2. The molecule has 0 radical (unpaired) electrons. The molecule has 1 aliphatic heterocycles. The van der Waals surface area contributed by atoms with Gasteiger partial charge in [-0.1, -0.05) is 0 Å². The second kappa shape index (κ2) is 8.85. The molecule has 1 N–H and O–H groups in total. The van der Waals surface area contributed by atoms with Crippen molar-refractivity contribution in [3.05, 3.63) is 54.1 Å². The summed E-state index contributed by atoms with van der Waals surface area (Å²) >= 11 is 0. The van der Waals surface area contributed by atoms with Gasteiger partial charge in [-0.2, -0.15) is 13.1 Å². The van der Waals surface area contributed by atoms with Gasteiger partial charge in [-0.3, -0.25) is 4.79 Å². The Labute approximate surface area is 167 Å². The van der Waals surface area contributed by atoms with E-state index in [1.54, 1.807) is 0 Å². The number of halogens is 2. The Morgan fingerprint density at radius 1 is 1.00 bits per heavy atom. The van der Waals surface area contributed by atoms with E-state index in [4.69, 9.17) is 0 Å². The Morgan fingerprint density at radius 2 is 1.59 bits per heavy atom. The molecule has 0 saturated carbocycles. The molecule has 1 heterocycles. The summed E-state index contributed by atoms with van der Waals surface area (Å²) in [5, 5.41) is 2.64. The van der Waals surface area contributed by atoms with E-state index in [0.717, 1.165) is 0 Å². The number of nitrogens with zero attached hydrogens (tertiary/aromatic N) is 2. The minimum atomic E-state index is -3.58. The number of piperazine rings is 1. The maximum atomic E-state index is 12.7. The van der Waals surface area contributed by atoms with Gasteiger partial charge < -0.3 is 15.0 Å². The molecule has 29 heavy (non-hydrogen) atoms. The van der Waals surface area contributed by atoms with Crippen molar-refractivity contribution in [2.45, 2.75) is 11.5 Å². The van der Waals surface area contributed by atoms with Crippen LogP contribution < -0.4 is 10.1 Å². The molecule has 156 valence electrons. The topological polar surface area (TPSA) is 79.0 Å². The first-order chi connectivity index (χ1) is 13.8. The quantitative estimate of drug-likeness (QED) is 0.769. The first-order valence-electron chi connectivity index (χ1n) is 8.91. The smallest absolute Gasteiger partial charge is 0.387 e. The molecular formula is C19H21F2N3O4S. The maximum Gasteiger partial charge on any atom is 0.387 e. The molecular weight excluding hydrogens is 404 g/mol. The van der Waals surface area contributed by atoms with Crippen LogP contribution in [0.4, 0.5) is 14.5 Å². The third-order valence-corrected chi connectivity index (χ3v) is 6.47. The Balaban J connectivity index is 1.65. The van der Waals surface area contributed by atoms with Crippen molar-refractivity contribution in [1.82, 2.24) is 9.21 Å². The van der Waals surface area contributed by atoms with Crippen LogP contribution in [0.15, 0.2) is 53.4 Å². The third kappa shape index (κ3) is 5.28. The number of rotatable bonds is 6. The molecule has 7 nitrogen and oxygen atoms in total. The molecule has 1 fully saturated rings. The van der Waals surface area contributed by atoms with Crippen LogP contribution in [-0.2, 0) is 10.0 Å². The summed E-state index contributed by atoms with van der Waals surface area (Å²) in [5.41, 5.74) is 0.668. The number of hydrogen-bond donors (Lipinski definition) is 1. The second-order valence-electron chi connectivity index (χ2n) is 6.59. The van der Waals surface area contributed by atoms with Crippen LogP contribution in [0.25, 0.3) is 0 Å². The SMILES string of the molecule is CN1CCN(S(=O)(=O)c2ccc(NC(=O)c3ccc(OC(F)F)cc3)cc2)CC1. The second-order valence-corrected chi connectivity index (χ2v) is 8.53. The number of ether oxygens (including phenoxy) is 1. The highest BCUT2D eigenvalue weighted by atomic mass is 32.2. The molecule has 0 bridgehead atoms. The van der Waals surface area contributed by atoms with Crippen molar-refractivity contribution < 1.29 is 26.7 Å². The number of nitrogens with one attached hydrogen (secondary N) is 1. The molecule has 0 unspecified atom stereocenters. The molecule has 0 atom stereocenters. The van der Waals surface area contributed by atoms with E-state index in [9.17, 15) is 22.0 Å². The van der Waals surface area contributed by atoms with Crippen LogP contribution in [0.2, 0.25) is 0 Å². The van der Waals surface area contributed by atoms with Crippen LogP contribution in [-0.4, -0.2) is 63.4 Å². The predicted molar refractivity (Wildman–Crippen MR) is 104 cm³/mol. The zero-order valence-electron chi connectivity index (χ0n) is 15.7. The molecule has 2 aromatic carbocycles. The van der Waals surface area contributed by atoms with Crippen LogP contribution in [0.1, 0.15) is 10.4 Å². The summed E-state index contributed by atoms with van der Waals surface area (Å²) in [4.78, 5) is 14.5. The van der Waals surface area contributed by atoms with Gasteiger partial charge in [0, 0.05) is 37.4 Å². The summed E-state index contributed by atoms with van der Waals surface area (Å²) in [6.45, 7) is -0.718. The van der Waals surface area contributed by atoms with E-state index >= 15 is 0 Å². The van der Waals surface area contributed by atoms with Gasteiger partial charge in [0.05, 0.1) is 4.90 Å². The largest absolute Gasteiger partial charge is 0.435 e. The van der Waals surface area contributed by atoms with E-state index in [2.05, 4.69) is 15.0 Å². The van der Waals surface area contributed by atoms with Gasteiger partial charge in [0.25, 0.3) is 5.91 Å². The van der Waals surface area contributed by atoms with E-state index in [1.165, 1.54) is 52.8 Å². The molecule has 1 amide bonds. The molecule has 2 aromatic rings. The summed E-state index contributed by atoms with van der Waals surface area (Å²) in [6, 6.07) is 11.2. The monoisotopic (exact) mass is 425 g/mol. The molecule has 0 spiro atoms. The maximum absolute atomic E-state index is 12.7. The number of anilines is 1. The van der Waals surface area contributed by atoms with Gasteiger partial charge in [0.1, 0.15) is 5.75 Å². The number of alkyl halides is 2. The minimum absolute atomic E-state index is 0.0463. The summed E-state index contributed by atoms with van der Waals surface area (Å²) in [6.07, 6.45) is 0. The van der Waals surface area contributed by atoms with E-state index < -0.39 is 22.5 Å². The average Bonchev–Trinajstić information content (AvgIpc) is 2.69. The number of likely N-dealkylation sites (N-methyl/N-ethyl adjacent to an activating group) is 1. The summed E-state index contributed by atoms with van der Waals surface area (Å²) in [7, 11) is -1.63. The first kappa shape index (κ1) is 21.2. The number of hydrogen-bond acceptors (Lipinski definition) is 5. The van der Waals surface area contributed by atoms with Crippen LogP contribution >= 0.6 is 0 Å². The standard InChI is InChI=1S/C19H21F2N3O4S/c1-23-10-12-24(13-11-23)29(26,27)17-8-4-15(5-9-17)22-18(25)14-2-6-16(7-3-14)28-19(20)21/h2-9,19H,10-13H2,1H3,(H,22,25). The van der Waals surface area contributed by atoms with Crippen molar-refractivity contribution in [2.75, 3.05) is 38.5 Å². The lowest BCUT2D eigenvalue weighted by molar-refractivity contribution is -0.0498. The highest BCUT2D eigenvalue weighted by Crippen LogP contribution is 2.21. The average molecular weight is 425 g/mol. The summed E-state index contributed by atoms with van der Waals surface area (Å²) < 4.78 is 55.5. The van der Waals surface area contributed by atoms with Crippen LogP contribution in [0, 0.1) is 0 Å². The number of sulfonamides is 1. The lowest BCUT2D eigenvalue weighted by atomic mass is 10.2. The fourth-order valence-corrected chi connectivity index (χ4v) is 4.30. The Hall–Kier alpha value is -2.56. The highest BCUT2D eigenvalue weighted by molar-refractivity contribution is 7.89.